The number of rotatable bonds is 5. The molecule has 0 spiro atoms. The molecule has 2 aromatic carbocycles. The monoisotopic (exact) mass is 418 g/mol. The summed E-state index contributed by atoms with van der Waals surface area (Å²) in [6.45, 7) is 4.40. The third-order valence-electron chi connectivity index (χ3n) is 5.58. The van der Waals surface area contributed by atoms with E-state index in [1.807, 2.05) is 65.5 Å². The van der Waals surface area contributed by atoms with Crippen LogP contribution in [0.15, 0.2) is 53.3 Å². The molecule has 1 aliphatic heterocycles. The van der Waals surface area contributed by atoms with E-state index in [0.717, 1.165) is 22.2 Å². The first-order chi connectivity index (χ1) is 15.1. The van der Waals surface area contributed by atoms with Gasteiger partial charge >= 0.3 is 0 Å². The lowest BCUT2D eigenvalue weighted by Gasteiger charge is -2.20. The Bertz CT molecular complexity index is 1370. The molecule has 0 saturated heterocycles. The van der Waals surface area contributed by atoms with E-state index in [1.54, 1.807) is 0 Å². The number of carbonyl (C=O) groups is 1. The van der Waals surface area contributed by atoms with Crippen molar-refractivity contribution in [3.8, 4) is 11.5 Å². The van der Waals surface area contributed by atoms with Crippen LogP contribution in [-0.4, -0.2) is 26.9 Å². The predicted molar refractivity (Wildman–Crippen MR) is 115 cm³/mol. The Balaban J connectivity index is 1.51. The molecule has 8 heteroatoms. The maximum absolute atomic E-state index is 13.3. The van der Waals surface area contributed by atoms with E-state index in [0.29, 0.717) is 30.1 Å². The highest BCUT2D eigenvalue weighted by atomic mass is 16.7. The van der Waals surface area contributed by atoms with Crippen LogP contribution in [0.4, 0.5) is 0 Å². The Morgan fingerprint density at radius 2 is 1.97 bits per heavy atom. The summed E-state index contributed by atoms with van der Waals surface area (Å²) in [5, 5.41) is 3.88. The van der Waals surface area contributed by atoms with E-state index < -0.39 is 6.04 Å². The number of benzene rings is 2. The Morgan fingerprint density at radius 3 is 2.81 bits per heavy atom. The van der Waals surface area contributed by atoms with Crippen molar-refractivity contribution in [3.63, 3.8) is 0 Å². The standard InChI is InChI=1S/C23H22N4O4/c1-3-17(23(29)24-12-15-8-9-19-20(11-15)31-13-30-19)27-18-7-5-4-6-16(18)22-25-21(28)10-14(2)26(22)27/h4-11,17H,3,12-13H2,1-2H3,(H,24,29)/t17-/m0/s1. The number of nitrogens with one attached hydrogen (secondary N) is 1. The van der Waals surface area contributed by atoms with Crippen LogP contribution in [0.3, 0.4) is 0 Å². The Labute approximate surface area is 178 Å². The van der Waals surface area contributed by atoms with Gasteiger partial charge in [0, 0.05) is 23.7 Å². The third kappa shape index (κ3) is 3.20. The fraction of sp³-hybridized carbons (Fsp3) is 0.261. The van der Waals surface area contributed by atoms with Gasteiger partial charge < -0.3 is 14.8 Å². The van der Waals surface area contributed by atoms with Crippen LogP contribution < -0.4 is 20.3 Å². The summed E-state index contributed by atoms with van der Waals surface area (Å²) in [5.74, 6) is 1.29. The van der Waals surface area contributed by atoms with Gasteiger partial charge in [-0.25, -0.2) is 4.52 Å². The smallest absolute Gasteiger partial charge is 0.273 e. The summed E-state index contributed by atoms with van der Waals surface area (Å²) in [7, 11) is 0. The average Bonchev–Trinajstić information content (AvgIpc) is 3.36. The van der Waals surface area contributed by atoms with Gasteiger partial charge in [-0.2, -0.15) is 4.98 Å². The number of hydrogen-bond acceptors (Lipinski definition) is 5. The molecule has 4 aromatic rings. The molecule has 0 unspecified atom stereocenters. The van der Waals surface area contributed by atoms with Gasteiger partial charge in [0.2, 0.25) is 12.7 Å². The molecular weight excluding hydrogens is 396 g/mol. The molecule has 1 atom stereocenters. The quantitative estimate of drug-likeness (QED) is 0.539. The molecule has 1 amide bonds. The number of hydrogen-bond donors (Lipinski definition) is 1. The molecule has 1 N–H and O–H groups in total. The second kappa shape index (κ2) is 7.46. The molecule has 0 bridgehead atoms. The minimum atomic E-state index is -0.473. The minimum Gasteiger partial charge on any atom is -0.454 e. The molecule has 3 heterocycles. The molecule has 0 saturated carbocycles. The van der Waals surface area contributed by atoms with Crippen molar-refractivity contribution in [1.29, 1.82) is 0 Å². The van der Waals surface area contributed by atoms with E-state index >= 15 is 0 Å². The van der Waals surface area contributed by atoms with Crippen molar-refractivity contribution in [2.45, 2.75) is 32.9 Å². The van der Waals surface area contributed by atoms with E-state index in [-0.39, 0.29) is 18.3 Å². The van der Waals surface area contributed by atoms with Crippen LogP contribution in [0.2, 0.25) is 0 Å². The molecule has 1 aliphatic rings. The number of aryl methyl sites for hydroxylation is 1. The first-order valence-corrected chi connectivity index (χ1v) is 10.2. The van der Waals surface area contributed by atoms with E-state index in [1.165, 1.54) is 6.07 Å². The summed E-state index contributed by atoms with van der Waals surface area (Å²) in [6.07, 6.45) is 0.576. The highest BCUT2D eigenvalue weighted by molar-refractivity contribution is 5.94. The van der Waals surface area contributed by atoms with Crippen molar-refractivity contribution in [1.82, 2.24) is 19.5 Å². The normalized spacial score (nSPS) is 13.6. The lowest BCUT2D eigenvalue weighted by atomic mass is 10.1. The lowest BCUT2D eigenvalue weighted by molar-refractivity contribution is -0.124. The fourth-order valence-electron chi connectivity index (χ4n) is 4.14. The first-order valence-electron chi connectivity index (χ1n) is 10.2. The SMILES string of the molecule is CC[C@@H](C(=O)NCc1ccc2c(c1)OCO2)n1c2ccccc2c2nc(=O)cc(C)n21. The minimum absolute atomic E-state index is 0.110. The zero-order chi connectivity index (χ0) is 21.5. The van der Waals surface area contributed by atoms with Gasteiger partial charge in [-0.15, -0.1) is 0 Å². The van der Waals surface area contributed by atoms with Crippen molar-refractivity contribution >= 4 is 22.5 Å². The summed E-state index contributed by atoms with van der Waals surface area (Å²) in [5.41, 5.74) is 2.78. The molecule has 5 rings (SSSR count). The molecule has 158 valence electrons. The molecule has 8 nitrogen and oxygen atoms in total. The number of nitrogens with zero attached hydrogens (tertiary/aromatic N) is 3. The van der Waals surface area contributed by atoms with Crippen molar-refractivity contribution in [2.75, 3.05) is 6.79 Å². The van der Waals surface area contributed by atoms with Gasteiger partial charge in [0.1, 0.15) is 6.04 Å². The fourth-order valence-corrected chi connectivity index (χ4v) is 4.14. The van der Waals surface area contributed by atoms with E-state index in [2.05, 4.69) is 10.3 Å². The Morgan fingerprint density at radius 1 is 1.16 bits per heavy atom. The zero-order valence-electron chi connectivity index (χ0n) is 17.3. The maximum atomic E-state index is 13.3. The lowest BCUT2D eigenvalue weighted by Crippen LogP contribution is -2.34. The van der Waals surface area contributed by atoms with Crippen LogP contribution in [-0.2, 0) is 11.3 Å². The number of amides is 1. The summed E-state index contributed by atoms with van der Waals surface area (Å²) in [4.78, 5) is 29.5. The van der Waals surface area contributed by atoms with Crippen LogP contribution in [0.25, 0.3) is 16.6 Å². The highest BCUT2D eigenvalue weighted by Gasteiger charge is 2.25. The maximum Gasteiger partial charge on any atom is 0.273 e. The van der Waals surface area contributed by atoms with Gasteiger partial charge in [-0.3, -0.25) is 14.3 Å². The van der Waals surface area contributed by atoms with Gasteiger partial charge in [-0.05, 0) is 43.2 Å². The van der Waals surface area contributed by atoms with Crippen LogP contribution in [0, 0.1) is 6.92 Å². The molecule has 2 aromatic heterocycles. The molecule has 0 radical (unpaired) electrons. The second-order valence-corrected chi connectivity index (χ2v) is 7.56. The number of ether oxygens (including phenoxy) is 2. The van der Waals surface area contributed by atoms with Crippen LogP contribution in [0.5, 0.6) is 11.5 Å². The number of fused-ring (bicyclic) bond motifs is 4. The van der Waals surface area contributed by atoms with Gasteiger partial charge in [-0.1, -0.05) is 25.1 Å². The van der Waals surface area contributed by atoms with Crippen molar-refractivity contribution in [3.05, 3.63) is 70.1 Å². The topological polar surface area (TPSA) is 86.9 Å². The Hall–Kier alpha value is -3.81. The third-order valence-corrected chi connectivity index (χ3v) is 5.58. The highest BCUT2D eigenvalue weighted by Crippen LogP contribution is 2.32. The summed E-state index contributed by atoms with van der Waals surface area (Å²) in [6, 6.07) is 14.3. The largest absolute Gasteiger partial charge is 0.454 e. The molecule has 0 fully saturated rings. The number of para-hydroxylation sites is 1. The molecule has 31 heavy (non-hydrogen) atoms. The van der Waals surface area contributed by atoms with E-state index in [4.69, 9.17) is 9.47 Å². The molecular formula is C23H22N4O4. The summed E-state index contributed by atoms with van der Waals surface area (Å²) >= 11 is 0. The molecule has 0 aliphatic carbocycles. The van der Waals surface area contributed by atoms with E-state index in [9.17, 15) is 9.59 Å². The van der Waals surface area contributed by atoms with Gasteiger partial charge in [0.15, 0.2) is 17.1 Å². The van der Waals surface area contributed by atoms with Crippen LogP contribution >= 0.6 is 0 Å². The van der Waals surface area contributed by atoms with Crippen LogP contribution in [0.1, 0.15) is 30.6 Å². The van der Waals surface area contributed by atoms with Gasteiger partial charge in [0.25, 0.3) is 5.56 Å². The average molecular weight is 418 g/mol. The second-order valence-electron chi connectivity index (χ2n) is 7.56. The predicted octanol–water partition coefficient (Wildman–Crippen LogP) is 2.95. The Kier molecular flexibility index (Phi) is 4.62. The van der Waals surface area contributed by atoms with Gasteiger partial charge in [0.05, 0.1) is 5.52 Å². The summed E-state index contributed by atoms with van der Waals surface area (Å²) < 4.78 is 14.6. The number of aromatic nitrogens is 3. The first kappa shape index (κ1) is 19.2. The van der Waals surface area contributed by atoms with Crippen molar-refractivity contribution < 1.29 is 14.3 Å². The zero-order valence-corrected chi connectivity index (χ0v) is 17.3. The van der Waals surface area contributed by atoms with Crippen molar-refractivity contribution in [2.24, 2.45) is 0 Å². The number of carbonyl (C=O) groups excluding carboxylic acids is 1.